The molecule has 3 heterocycles. The quantitative estimate of drug-likeness (QED) is 0.414. The number of nitrogens with one attached hydrogen (secondary N) is 1. The van der Waals surface area contributed by atoms with Crippen LogP contribution in [0, 0.1) is 6.92 Å². The number of amides is 1. The number of aromatic nitrogens is 3. The summed E-state index contributed by atoms with van der Waals surface area (Å²) in [5.74, 6) is 0.874. The number of ether oxygens (including phenoxy) is 3. The summed E-state index contributed by atoms with van der Waals surface area (Å²) in [6.07, 6.45) is 2.43. The van der Waals surface area contributed by atoms with Crippen molar-refractivity contribution in [2.75, 3.05) is 25.1 Å². The van der Waals surface area contributed by atoms with Crippen LogP contribution in [-0.2, 0) is 4.74 Å². The van der Waals surface area contributed by atoms with Gasteiger partial charge in [0.15, 0.2) is 6.73 Å². The van der Waals surface area contributed by atoms with Crippen molar-refractivity contribution >= 4 is 23.5 Å². The van der Waals surface area contributed by atoms with Crippen molar-refractivity contribution in [1.82, 2.24) is 19.9 Å². The molecular formula is C23H33N5O4S. The van der Waals surface area contributed by atoms with E-state index in [4.69, 9.17) is 14.2 Å². The van der Waals surface area contributed by atoms with Gasteiger partial charge in [-0.05, 0) is 32.9 Å². The van der Waals surface area contributed by atoms with Gasteiger partial charge in [0.2, 0.25) is 11.8 Å². The van der Waals surface area contributed by atoms with Gasteiger partial charge in [0, 0.05) is 31.2 Å². The van der Waals surface area contributed by atoms with E-state index < -0.39 is 0 Å². The van der Waals surface area contributed by atoms with Gasteiger partial charge in [-0.2, -0.15) is 0 Å². The lowest BCUT2D eigenvalue weighted by Crippen LogP contribution is -2.42. The van der Waals surface area contributed by atoms with E-state index >= 15 is 0 Å². The zero-order valence-corrected chi connectivity index (χ0v) is 20.7. The number of carbonyl (C=O) groups excluding carboxylic acids is 1. The van der Waals surface area contributed by atoms with E-state index in [1.165, 1.54) is 6.33 Å². The monoisotopic (exact) mass is 475 g/mol. The Balaban J connectivity index is 1.45. The predicted octanol–water partition coefficient (Wildman–Crippen LogP) is 4.52. The third kappa shape index (κ3) is 7.96. The van der Waals surface area contributed by atoms with E-state index in [2.05, 4.69) is 34.1 Å². The molecule has 0 unspecified atom stereocenters. The van der Waals surface area contributed by atoms with Gasteiger partial charge in [-0.1, -0.05) is 13.8 Å². The first-order valence-electron chi connectivity index (χ1n) is 11.3. The lowest BCUT2D eigenvalue weighted by Gasteiger charge is -2.31. The molecule has 1 aliphatic rings. The van der Waals surface area contributed by atoms with E-state index in [1.807, 2.05) is 32.9 Å². The Labute approximate surface area is 199 Å². The second-order valence-electron chi connectivity index (χ2n) is 8.35. The molecule has 0 bridgehead atoms. The average molecular weight is 476 g/mol. The number of thioether (sulfide) groups is 1. The lowest BCUT2D eigenvalue weighted by molar-refractivity contribution is 0.0506. The molecule has 1 N–H and O–H groups in total. The van der Waals surface area contributed by atoms with Crippen molar-refractivity contribution in [2.45, 2.75) is 69.9 Å². The third-order valence-electron chi connectivity index (χ3n) is 4.84. The second kappa shape index (κ2) is 11.9. The Hall–Kier alpha value is -2.75. The Morgan fingerprint density at radius 3 is 2.58 bits per heavy atom. The first-order valence-corrected chi connectivity index (χ1v) is 12.1. The van der Waals surface area contributed by atoms with Crippen LogP contribution in [0.3, 0.4) is 0 Å². The minimum atomic E-state index is -0.271. The molecule has 3 rings (SSSR count). The summed E-state index contributed by atoms with van der Waals surface area (Å²) in [4.78, 5) is 26.7. The van der Waals surface area contributed by atoms with Crippen molar-refractivity contribution in [3.05, 3.63) is 30.2 Å². The van der Waals surface area contributed by atoms with Gasteiger partial charge in [-0.15, -0.1) is 11.8 Å². The topological polar surface area (TPSA) is 98.7 Å². The standard InChI is InChI=1S/C23H33N5O4S/c1-15(2)31-23(29)28-10-8-18(9-11-28)32-21-12-20(24-13-25-21)30-14-26-19-6-7-22(27-17(19)5)33-16(3)4/h6-7,12-13,15-16,18,26H,8-11,14H2,1-5H3. The highest BCUT2D eigenvalue weighted by molar-refractivity contribution is 7.99. The summed E-state index contributed by atoms with van der Waals surface area (Å²) in [5, 5.41) is 4.72. The maximum atomic E-state index is 12.0. The molecule has 1 saturated heterocycles. The SMILES string of the molecule is Cc1nc(SC(C)C)ccc1NCOc1cc(OC2CCN(C(=O)OC(C)C)CC2)ncn1. The molecule has 2 aromatic heterocycles. The summed E-state index contributed by atoms with van der Waals surface area (Å²) in [7, 11) is 0. The van der Waals surface area contributed by atoms with Crippen LogP contribution in [0.25, 0.3) is 0 Å². The molecule has 1 aliphatic heterocycles. The maximum absolute atomic E-state index is 12.0. The highest BCUT2D eigenvalue weighted by atomic mass is 32.2. The highest BCUT2D eigenvalue weighted by Crippen LogP contribution is 2.24. The number of rotatable bonds is 9. The number of piperidine rings is 1. The van der Waals surface area contributed by atoms with Crippen molar-refractivity contribution < 1.29 is 19.0 Å². The van der Waals surface area contributed by atoms with E-state index in [0.29, 0.717) is 42.9 Å². The van der Waals surface area contributed by atoms with Crippen LogP contribution in [0.5, 0.6) is 11.8 Å². The molecule has 0 atom stereocenters. The van der Waals surface area contributed by atoms with Gasteiger partial charge in [-0.25, -0.2) is 19.7 Å². The van der Waals surface area contributed by atoms with Crippen molar-refractivity contribution in [2.24, 2.45) is 0 Å². The summed E-state index contributed by atoms with van der Waals surface area (Å²) in [6.45, 7) is 11.4. The number of aryl methyl sites for hydroxylation is 1. The van der Waals surface area contributed by atoms with Crippen LogP contribution in [0.2, 0.25) is 0 Å². The van der Waals surface area contributed by atoms with Gasteiger partial charge >= 0.3 is 6.09 Å². The molecule has 0 radical (unpaired) electrons. The third-order valence-corrected chi connectivity index (χ3v) is 5.78. The first-order chi connectivity index (χ1) is 15.8. The van der Waals surface area contributed by atoms with E-state index in [-0.39, 0.29) is 25.0 Å². The van der Waals surface area contributed by atoms with E-state index in [0.717, 1.165) is 16.4 Å². The Kier molecular flexibility index (Phi) is 8.99. The number of anilines is 1. The molecule has 0 spiro atoms. The minimum Gasteiger partial charge on any atom is -0.474 e. The Morgan fingerprint density at radius 2 is 1.91 bits per heavy atom. The van der Waals surface area contributed by atoms with Crippen LogP contribution in [-0.4, -0.2) is 63.2 Å². The van der Waals surface area contributed by atoms with Crippen molar-refractivity contribution in [3.63, 3.8) is 0 Å². The zero-order valence-electron chi connectivity index (χ0n) is 19.9. The van der Waals surface area contributed by atoms with Crippen LogP contribution >= 0.6 is 11.8 Å². The fourth-order valence-corrected chi connectivity index (χ4v) is 4.11. The van der Waals surface area contributed by atoms with E-state index in [9.17, 15) is 4.79 Å². The highest BCUT2D eigenvalue weighted by Gasteiger charge is 2.25. The molecular weight excluding hydrogens is 442 g/mol. The lowest BCUT2D eigenvalue weighted by atomic mass is 10.1. The summed E-state index contributed by atoms with van der Waals surface area (Å²) in [5.41, 5.74) is 1.83. The fourth-order valence-electron chi connectivity index (χ4n) is 3.29. The largest absolute Gasteiger partial charge is 0.474 e. The molecule has 2 aromatic rings. The van der Waals surface area contributed by atoms with Gasteiger partial charge in [0.1, 0.15) is 12.4 Å². The first kappa shape index (κ1) is 24.9. The Morgan fingerprint density at radius 1 is 1.18 bits per heavy atom. The van der Waals surface area contributed by atoms with Crippen LogP contribution in [0.15, 0.2) is 29.6 Å². The molecule has 1 fully saturated rings. The number of nitrogens with zero attached hydrogens (tertiary/aromatic N) is 4. The Bertz CT molecular complexity index is 919. The smallest absolute Gasteiger partial charge is 0.410 e. The number of likely N-dealkylation sites (tertiary alicyclic amines) is 1. The molecule has 9 nitrogen and oxygen atoms in total. The molecule has 0 saturated carbocycles. The van der Waals surface area contributed by atoms with Crippen LogP contribution < -0.4 is 14.8 Å². The second-order valence-corrected chi connectivity index (χ2v) is 9.94. The number of hydrogen-bond donors (Lipinski definition) is 1. The average Bonchev–Trinajstić information content (AvgIpc) is 2.75. The summed E-state index contributed by atoms with van der Waals surface area (Å²) >= 11 is 1.73. The molecule has 0 aliphatic carbocycles. The van der Waals surface area contributed by atoms with Gasteiger partial charge in [0.05, 0.1) is 28.6 Å². The fraction of sp³-hybridized carbons (Fsp3) is 0.565. The van der Waals surface area contributed by atoms with E-state index in [1.54, 1.807) is 22.7 Å². The molecule has 10 heteroatoms. The molecule has 1 amide bonds. The summed E-state index contributed by atoms with van der Waals surface area (Å²) < 4.78 is 17.0. The molecule has 180 valence electrons. The van der Waals surface area contributed by atoms with Crippen LogP contribution in [0.1, 0.15) is 46.2 Å². The summed E-state index contributed by atoms with van der Waals surface area (Å²) in [6, 6.07) is 5.69. The molecule has 0 aromatic carbocycles. The van der Waals surface area contributed by atoms with Gasteiger partial charge in [-0.3, -0.25) is 0 Å². The molecule has 33 heavy (non-hydrogen) atoms. The number of pyridine rings is 1. The van der Waals surface area contributed by atoms with Gasteiger partial charge < -0.3 is 24.4 Å². The normalized spacial score (nSPS) is 14.5. The maximum Gasteiger partial charge on any atom is 0.410 e. The van der Waals surface area contributed by atoms with Crippen molar-refractivity contribution in [3.8, 4) is 11.8 Å². The van der Waals surface area contributed by atoms with Gasteiger partial charge in [0.25, 0.3) is 0 Å². The predicted molar refractivity (Wildman–Crippen MR) is 128 cm³/mol. The van der Waals surface area contributed by atoms with Crippen molar-refractivity contribution in [1.29, 1.82) is 0 Å². The number of carbonyl (C=O) groups is 1. The van der Waals surface area contributed by atoms with Crippen LogP contribution in [0.4, 0.5) is 10.5 Å². The zero-order chi connectivity index (χ0) is 23.8. The number of hydrogen-bond acceptors (Lipinski definition) is 9. The minimum absolute atomic E-state index is 0.0232.